The zero-order chi connectivity index (χ0) is 10.0. The summed E-state index contributed by atoms with van der Waals surface area (Å²) in [6.07, 6.45) is 2.30. The Balaban J connectivity index is 2.78. The Morgan fingerprint density at radius 3 is 2.15 bits per heavy atom. The molecule has 0 aromatic heterocycles. The summed E-state index contributed by atoms with van der Waals surface area (Å²) in [6, 6.07) is 0. The molecule has 13 heavy (non-hydrogen) atoms. The highest BCUT2D eigenvalue weighted by Gasteiger charge is 2.22. The van der Waals surface area contributed by atoms with Crippen molar-refractivity contribution in [2.45, 2.75) is 40.5 Å². The number of nitrogens with two attached hydrogens (primary N) is 1. The molecule has 0 amide bonds. The maximum absolute atomic E-state index is 5.53. The molecular weight excluding hydrogens is 158 g/mol. The van der Waals surface area contributed by atoms with E-state index in [4.69, 9.17) is 5.73 Å². The second-order valence-electron chi connectivity index (χ2n) is 4.07. The lowest BCUT2D eigenvalue weighted by Crippen LogP contribution is -2.03. The van der Waals surface area contributed by atoms with Gasteiger partial charge in [0.1, 0.15) is 0 Å². The van der Waals surface area contributed by atoms with Crippen LogP contribution in [0.15, 0.2) is 22.3 Å². The molecule has 0 aromatic carbocycles. The Bertz CT molecular complexity index is 258. The molecule has 0 radical (unpaired) electrons. The summed E-state index contributed by atoms with van der Waals surface area (Å²) in [6.45, 7) is 9.84. The van der Waals surface area contributed by atoms with Crippen LogP contribution in [-0.2, 0) is 0 Å². The van der Waals surface area contributed by atoms with Crippen LogP contribution in [0.5, 0.6) is 0 Å². The molecular formula is C12H21N. The van der Waals surface area contributed by atoms with E-state index in [1.807, 2.05) is 0 Å². The van der Waals surface area contributed by atoms with E-state index in [1.54, 1.807) is 11.1 Å². The van der Waals surface area contributed by atoms with E-state index in [1.165, 1.54) is 17.6 Å². The van der Waals surface area contributed by atoms with E-state index >= 15 is 0 Å². The van der Waals surface area contributed by atoms with E-state index < -0.39 is 0 Å². The summed E-state index contributed by atoms with van der Waals surface area (Å²) in [5, 5.41) is 0. The zero-order valence-corrected chi connectivity index (χ0v) is 9.28. The fourth-order valence-electron chi connectivity index (χ4n) is 2.14. The van der Waals surface area contributed by atoms with Gasteiger partial charge in [0.15, 0.2) is 0 Å². The van der Waals surface area contributed by atoms with Crippen molar-refractivity contribution < 1.29 is 0 Å². The van der Waals surface area contributed by atoms with Gasteiger partial charge in [-0.15, -0.1) is 0 Å². The van der Waals surface area contributed by atoms with E-state index in [2.05, 4.69) is 27.7 Å². The molecule has 0 saturated carbocycles. The molecule has 1 heteroatoms. The van der Waals surface area contributed by atoms with E-state index in [0.717, 1.165) is 13.0 Å². The Morgan fingerprint density at radius 1 is 1.15 bits per heavy atom. The number of rotatable bonds is 3. The molecule has 1 nitrogen and oxygen atoms in total. The van der Waals surface area contributed by atoms with Crippen molar-refractivity contribution in [3.05, 3.63) is 22.3 Å². The molecule has 0 bridgehead atoms. The Labute approximate surface area is 81.7 Å². The largest absolute Gasteiger partial charge is 0.330 e. The highest BCUT2D eigenvalue weighted by atomic mass is 14.5. The van der Waals surface area contributed by atoms with Gasteiger partial charge in [-0.1, -0.05) is 18.1 Å². The minimum atomic E-state index is 0.659. The summed E-state index contributed by atoms with van der Waals surface area (Å²) in [5.41, 5.74) is 11.7. The second-order valence-corrected chi connectivity index (χ2v) is 4.07. The fraction of sp³-hybridized carbons (Fsp3) is 0.667. The topological polar surface area (TPSA) is 26.0 Å². The van der Waals surface area contributed by atoms with Gasteiger partial charge in [-0.3, -0.25) is 0 Å². The van der Waals surface area contributed by atoms with Crippen molar-refractivity contribution in [3.8, 4) is 0 Å². The van der Waals surface area contributed by atoms with Gasteiger partial charge in [0.05, 0.1) is 0 Å². The normalized spacial score (nSPS) is 23.3. The second kappa shape index (κ2) is 4.10. The SMILES string of the molecule is CC1=C(C)C(C)C(CCCN)=C1C. The van der Waals surface area contributed by atoms with Gasteiger partial charge in [0.25, 0.3) is 0 Å². The van der Waals surface area contributed by atoms with Gasteiger partial charge >= 0.3 is 0 Å². The lowest BCUT2D eigenvalue weighted by Gasteiger charge is -2.11. The third-order valence-electron chi connectivity index (χ3n) is 3.46. The molecule has 0 aromatic rings. The van der Waals surface area contributed by atoms with Crippen LogP contribution in [0.2, 0.25) is 0 Å². The molecule has 1 unspecified atom stereocenters. The summed E-state index contributed by atoms with van der Waals surface area (Å²) < 4.78 is 0. The van der Waals surface area contributed by atoms with Crippen LogP contribution < -0.4 is 5.73 Å². The lowest BCUT2D eigenvalue weighted by molar-refractivity contribution is 0.714. The van der Waals surface area contributed by atoms with Crippen LogP contribution in [0.3, 0.4) is 0 Å². The van der Waals surface area contributed by atoms with Crippen LogP contribution in [0.25, 0.3) is 0 Å². The molecule has 74 valence electrons. The zero-order valence-electron chi connectivity index (χ0n) is 9.28. The molecule has 1 aliphatic rings. The average Bonchev–Trinajstić information content (AvgIpc) is 2.30. The first-order valence-electron chi connectivity index (χ1n) is 5.17. The Kier molecular flexibility index (Phi) is 3.32. The van der Waals surface area contributed by atoms with Gasteiger partial charge < -0.3 is 5.73 Å². The average molecular weight is 179 g/mol. The third-order valence-corrected chi connectivity index (χ3v) is 3.46. The molecule has 1 atom stereocenters. The van der Waals surface area contributed by atoms with Gasteiger partial charge in [-0.2, -0.15) is 0 Å². The van der Waals surface area contributed by atoms with Crippen molar-refractivity contribution in [1.82, 2.24) is 0 Å². The number of allylic oxidation sites excluding steroid dienone is 4. The van der Waals surface area contributed by atoms with Crippen molar-refractivity contribution >= 4 is 0 Å². The first-order chi connectivity index (χ1) is 6.09. The summed E-state index contributed by atoms with van der Waals surface area (Å²) >= 11 is 0. The quantitative estimate of drug-likeness (QED) is 0.708. The Morgan fingerprint density at radius 2 is 1.77 bits per heavy atom. The summed E-state index contributed by atoms with van der Waals surface area (Å²) in [5.74, 6) is 0.659. The fourth-order valence-corrected chi connectivity index (χ4v) is 2.14. The molecule has 0 fully saturated rings. The van der Waals surface area contributed by atoms with Crippen LogP contribution in [0, 0.1) is 5.92 Å². The molecule has 1 rings (SSSR count). The van der Waals surface area contributed by atoms with Crippen LogP contribution in [-0.4, -0.2) is 6.54 Å². The van der Waals surface area contributed by atoms with Gasteiger partial charge in [-0.25, -0.2) is 0 Å². The highest BCUT2D eigenvalue weighted by Crippen LogP contribution is 2.38. The smallest absolute Gasteiger partial charge is 0.00126 e. The first-order valence-corrected chi connectivity index (χ1v) is 5.17. The van der Waals surface area contributed by atoms with Crippen LogP contribution in [0.1, 0.15) is 40.5 Å². The molecule has 0 heterocycles. The van der Waals surface area contributed by atoms with Crippen LogP contribution >= 0.6 is 0 Å². The van der Waals surface area contributed by atoms with Crippen molar-refractivity contribution in [2.24, 2.45) is 11.7 Å². The van der Waals surface area contributed by atoms with Gasteiger partial charge in [0, 0.05) is 0 Å². The predicted molar refractivity (Wildman–Crippen MR) is 58.5 cm³/mol. The lowest BCUT2D eigenvalue weighted by atomic mass is 9.94. The highest BCUT2D eigenvalue weighted by molar-refractivity contribution is 5.46. The van der Waals surface area contributed by atoms with E-state index in [9.17, 15) is 0 Å². The molecule has 0 aliphatic heterocycles. The maximum Gasteiger partial charge on any atom is -0.00126 e. The number of hydrogen-bond acceptors (Lipinski definition) is 1. The van der Waals surface area contributed by atoms with E-state index in [0.29, 0.717) is 5.92 Å². The predicted octanol–water partition coefficient (Wildman–Crippen LogP) is 3.03. The maximum atomic E-state index is 5.53. The molecule has 2 N–H and O–H groups in total. The van der Waals surface area contributed by atoms with Crippen molar-refractivity contribution in [1.29, 1.82) is 0 Å². The van der Waals surface area contributed by atoms with Crippen molar-refractivity contribution in [2.75, 3.05) is 6.54 Å². The summed E-state index contributed by atoms with van der Waals surface area (Å²) in [4.78, 5) is 0. The third kappa shape index (κ3) is 1.86. The van der Waals surface area contributed by atoms with Gasteiger partial charge in [-0.05, 0) is 57.2 Å². The minimum absolute atomic E-state index is 0.659. The Hall–Kier alpha value is -0.560. The first kappa shape index (κ1) is 10.5. The molecule has 1 aliphatic carbocycles. The van der Waals surface area contributed by atoms with Crippen molar-refractivity contribution in [3.63, 3.8) is 0 Å². The summed E-state index contributed by atoms with van der Waals surface area (Å²) in [7, 11) is 0. The standard InChI is InChI=1S/C12H21N/c1-8-9(2)11(4)12(10(8)3)6-5-7-13/h10H,5-7,13H2,1-4H3. The number of hydrogen-bond donors (Lipinski definition) is 1. The molecule has 0 saturated heterocycles. The van der Waals surface area contributed by atoms with Crippen LogP contribution in [0.4, 0.5) is 0 Å². The monoisotopic (exact) mass is 179 g/mol. The van der Waals surface area contributed by atoms with E-state index in [-0.39, 0.29) is 0 Å². The van der Waals surface area contributed by atoms with Gasteiger partial charge in [0.2, 0.25) is 0 Å². The molecule has 0 spiro atoms. The minimum Gasteiger partial charge on any atom is -0.330 e.